The molecule has 4 bridgehead atoms. The predicted octanol–water partition coefficient (Wildman–Crippen LogP) is 3.35. The summed E-state index contributed by atoms with van der Waals surface area (Å²) in [5.74, 6) is 0.0200. The van der Waals surface area contributed by atoms with Crippen molar-refractivity contribution in [2.75, 3.05) is 7.11 Å². The Morgan fingerprint density at radius 2 is 1.30 bits per heavy atom. The number of rotatable bonds is 3. The smallest absolute Gasteiger partial charge is 0.464 e. The van der Waals surface area contributed by atoms with Crippen molar-refractivity contribution < 1.29 is 18.8 Å². The van der Waals surface area contributed by atoms with Crippen LogP contribution < -0.4 is 0 Å². The van der Waals surface area contributed by atoms with Gasteiger partial charge in [0.2, 0.25) is 0 Å². The van der Waals surface area contributed by atoms with Crippen LogP contribution in [0.4, 0.5) is 0 Å². The molecule has 23 heavy (non-hydrogen) atoms. The zero-order chi connectivity index (χ0) is 16.5. The molecule has 6 saturated carbocycles. The first-order chi connectivity index (χ1) is 10.5. The molecule has 0 radical (unpaired) electrons. The van der Waals surface area contributed by atoms with E-state index in [-0.39, 0.29) is 35.0 Å². The Hall–Kier alpha value is -0.545. The highest BCUT2D eigenvalue weighted by Gasteiger charge is 2.88. The predicted molar refractivity (Wildman–Crippen MR) is 85.8 cm³/mol. The van der Waals surface area contributed by atoms with Crippen LogP contribution in [0.5, 0.6) is 0 Å². The van der Waals surface area contributed by atoms with E-state index in [1.165, 1.54) is 26.4 Å². The number of hydrogen-bond donors (Lipinski definition) is 0. The lowest BCUT2D eigenvalue weighted by Crippen LogP contribution is -2.80. The summed E-state index contributed by atoms with van der Waals surface area (Å²) in [7, 11) is 1.47. The molecule has 4 nitrogen and oxygen atoms in total. The molecule has 0 aromatic rings. The van der Waals surface area contributed by atoms with Gasteiger partial charge in [-0.3, -0.25) is 4.79 Å². The van der Waals surface area contributed by atoms with Crippen LogP contribution >= 0.6 is 0 Å². The van der Waals surface area contributed by atoms with Gasteiger partial charge in [-0.25, -0.2) is 0 Å². The summed E-state index contributed by atoms with van der Waals surface area (Å²) in [5.41, 5.74) is 0.345. The van der Waals surface area contributed by atoms with Crippen molar-refractivity contribution in [3.8, 4) is 0 Å². The third kappa shape index (κ3) is 1.35. The van der Waals surface area contributed by atoms with Crippen LogP contribution in [-0.4, -0.2) is 31.4 Å². The third-order valence-electron chi connectivity index (χ3n) is 8.60. The van der Waals surface area contributed by atoms with Crippen LogP contribution in [0.1, 0.15) is 66.2 Å². The van der Waals surface area contributed by atoms with Gasteiger partial charge in [-0.2, -0.15) is 0 Å². The lowest BCUT2D eigenvalue weighted by molar-refractivity contribution is -0.341. The molecular formula is C18H27BO4. The van der Waals surface area contributed by atoms with Crippen LogP contribution in [0.3, 0.4) is 0 Å². The van der Waals surface area contributed by atoms with E-state index in [0.29, 0.717) is 10.8 Å². The summed E-state index contributed by atoms with van der Waals surface area (Å²) < 4.78 is 17.6. The van der Waals surface area contributed by atoms with Crippen LogP contribution in [0.2, 0.25) is 5.31 Å². The Bertz CT molecular complexity index is 567. The van der Waals surface area contributed by atoms with E-state index < -0.39 is 0 Å². The SMILES string of the molecule is COC(=O)C12CC(C34CC(B5OC(C)(C)C(C)(C)O5)(C3)C4)(C1)C2. The summed E-state index contributed by atoms with van der Waals surface area (Å²) in [6.45, 7) is 8.54. The zero-order valence-electron chi connectivity index (χ0n) is 15.0. The van der Waals surface area contributed by atoms with Crippen molar-refractivity contribution >= 4 is 13.1 Å². The Labute approximate surface area is 138 Å². The van der Waals surface area contributed by atoms with Gasteiger partial charge in [-0.15, -0.1) is 0 Å². The maximum atomic E-state index is 11.9. The molecule has 0 spiro atoms. The highest BCUT2D eigenvalue weighted by molar-refractivity contribution is 6.51. The molecule has 0 amide bonds. The van der Waals surface area contributed by atoms with Gasteiger partial charge < -0.3 is 14.0 Å². The molecule has 6 aliphatic carbocycles. The number of esters is 1. The number of methoxy groups -OCH3 is 1. The van der Waals surface area contributed by atoms with Gasteiger partial charge in [0.25, 0.3) is 0 Å². The Balaban J connectivity index is 1.26. The van der Waals surface area contributed by atoms with Gasteiger partial charge in [0.05, 0.1) is 23.7 Å². The molecule has 126 valence electrons. The molecule has 1 saturated heterocycles. The Morgan fingerprint density at radius 1 is 0.870 bits per heavy atom. The number of carbonyl (C=O) groups is 1. The summed E-state index contributed by atoms with van der Waals surface area (Å²) in [6, 6.07) is 0. The second kappa shape index (κ2) is 3.53. The minimum Gasteiger partial charge on any atom is -0.469 e. The monoisotopic (exact) mass is 318 g/mol. The molecule has 1 aliphatic heterocycles. The lowest BCUT2D eigenvalue weighted by atomic mass is 9.12. The molecule has 7 rings (SSSR count). The van der Waals surface area contributed by atoms with Crippen LogP contribution in [-0.2, 0) is 18.8 Å². The topological polar surface area (TPSA) is 44.8 Å². The second-order valence-electron chi connectivity index (χ2n) is 10.3. The molecule has 0 N–H and O–H groups in total. The van der Waals surface area contributed by atoms with Gasteiger partial charge in [0.1, 0.15) is 0 Å². The van der Waals surface area contributed by atoms with Crippen molar-refractivity contribution in [1.82, 2.24) is 0 Å². The van der Waals surface area contributed by atoms with Crippen molar-refractivity contribution in [3.05, 3.63) is 0 Å². The minimum absolute atomic E-state index is 0.0200. The fourth-order valence-electron chi connectivity index (χ4n) is 6.56. The maximum absolute atomic E-state index is 11.9. The van der Waals surface area contributed by atoms with Crippen LogP contribution in [0.25, 0.3) is 0 Å². The first-order valence-corrected chi connectivity index (χ1v) is 8.98. The van der Waals surface area contributed by atoms with E-state index in [1.807, 2.05) is 0 Å². The van der Waals surface area contributed by atoms with E-state index in [4.69, 9.17) is 14.0 Å². The molecule has 7 aliphatic rings. The molecule has 0 aromatic carbocycles. The number of carbonyl (C=O) groups excluding carboxylic acids is 1. The fourth-order valence-corrected chi connectivity index (χ4v) is 6.56. The number of ether oxygens (including phenoxy) is 1. The fraction of sp³-hybridized carbons (Fsp3) is 0.944. The summed E-state index contributed by atoms with van der Waals surface area (Å²) in [5, 5.41) is 0.249. The molecule has 0 unspecified atom stereocenters. The summed E-state index contributed by atoms with van der Waals surface area (Å²) in [4.78, 5) is 11.9. The van der Waals surface area contributed by atoms with E-state index in [2.05, 4.69) is 27.7 Å². The Morgan fingerprint density at radius 3 is 1.74 bits per heavy atom. The van der Waals surface area contributed by atoms with Crippen LogP contribution in [0, 0.1) is 16.2 Å². The van der Waals surface area contributed by atoms with Gasteiger partial charge >= 0.3 is 13.1 Å². The molecule has 0 aromatic heterocycles. The molecular weight excluding hydrogens is 291 g/mol. The quantitative estimate of drug-likeness (QED) is 0.591. The molecule has 0 atom stereocenters. The van der Waals surface area contributed by atoms with E-state index in [9.17, 15) is 4.79 Å². The highest BCUT2D eigenvalue weighted by Crippen LogP contribution is 2.94. The zero-order valence-corrected chi connectivity index (χ0v) is 15.0. The summed E-state index contributed by atoms with van der Waals surface area (Å²) in [6.07, 6.45) is 6.88. The van der Waals surface area contributed by atoms with E-state index in [1.54, 1.807) is 0 Å². The second-order valence-corrected chi connectivity index (χ2v) is 10.3. The summed E-state index contributed by atoms with van der Waals surface area (Å²) >= 11 is 0. The third-order valence-corrected chi connectivity index (χ3v) is 8.60. The van der Waals surface area contributed by atoms with Crippen molar-refractivity contribution in [3.63, 3.8) is 0 Å². The van der Waals surface area contributed by atoms with Gasteiger partial charge in [0, 0.05) is 5.31 Å². The van der Waals surface area contributed by atoms with Gasteiger partial charge in [-0.05, 0) is 77.0 Å². The normalized spacial score (nSPS) is 53.5. The largest absolute Gasteiger partial charge is 0.469 e. The standard InChI is InChI=1S/C18H27BO4/c1-13(2)14(3,4)23-19(22-13)18-9-17(10-18,11-18)16-6-15(7-16,8-16)12(20)21-5/h6-11H2,1-5H3. The first kappa shape index (κ1) is 14.8. The molecule has 5 heteroatoms. The van der Waals surface area contributed by atoms with E-state index in [0.717, 1.165) is 19.3 Å². The van der Waals surface area contributed by atoms with Gasteiger partial charge in [-0.1, -0.05) is 0 Å². The van der Waals surface area contributed by atoms with E-state index >= 15 is 0 Å². The lowest BCUT2D eigenvalue weighted by Gasteiger charge is -2.86. The Kier molecular flexibility index (Phi) is 2.26. The number of hydrogen-bond acceptors (Lipinski definition) is 4. The molecule has 1 heterocycles. The van der Waals surface area contributed by atoms with Gasteiger partial charge in [0.15, 0.2) is 0 Å². The maximum Gasteiger partial charge on any atom is 0.464 e. The average molecular weight is 318 g/mol. The molecule has 7 fully saturated rings. The first-order valence-electron chi connectivity index (χ1n) is 8.98. The average Bonchev–Trinajstić information content (AvgIpc) is 2.45. The highest BCUT2D eigenvalue weighted by atomic mass is 16.7. The minimum atomic E-state index is -0.231. The van der Waals surface area contributed by atoms with Crippen LogP contribution in [0.15, 0.2) is 0 Å². The van der Waals surface area contributed by atoms with Crippen molar-refractivity contribution in [1.29, 1.82) is 0 Å². The van der Waals surface area contributed by atoms with Crippen molar-refractivity contribution in [2.24, 2.45) is 16.2 Å². The van der Waals surface area contributed by atoms with Crippen molar-refractivity contribution in [2.45, 2.75) is 82.7 Å².